The molecule has 0 radical (unpaired) electrons. The minimum Gasteiger partial charge on any atom is -0.481 e. The molecule has 10 nitrogen and oxygen atoms in total. The molecule has 1 aliphatic carbocycles. The molecule has 0 bridgehead atoms. The van der Waals surface area contributed by atoms with Crippen molar-refractivity contribution >= 4 is 45.7 Å². The third-order valence-electron chi connectivity index (χ3n) is 9.54. The average molecular weight is 741 g/mol. The van der Waals surface area contributed by atoms with Crippen LogP contribution < -0.4 is 20.1 Å². The van der Waals surface area contributed by atoms with Crippen LogP contribution in [0.3, 0.4) is 0 Å². The molecule has 15 heteroatoms. The number of carbonyl (C=O) groups is 2. The van der Waals surface area contributed by atoms with Gasteiger partial charge in [0.25, 0.3) is 0 Å². The van der Waals surface area contributed by atoms with Crippen molar-refractivity contribution in [2.75, 3.05) is 20.8 Å². The molecule has 2 aliphatic heterocycles. The fourth-order valence-corrected chi connectivity index (χ4v) is 8.62. The molecular formula is C36H39F3N6O4S2. The van der Waals surface area contributed by atoms with Gasteiger partial charge in [-0.3, -0.25) is 19.6 Å². The number of aromatic nitrogens is 2. The largest absolute Gasteiger partial charge is 0.481 e. The normalized spacial score (nSPS) is 24.9. The summed E-state index contributed by atoms with van der Waals surface area (Å²) >= 11 is 2.44. The van der Waals surface area contributed by atoms with Crippen LogP contribution >= 0.6 is 23.5 Å². The second kappa shape index (κ2) is 14.5. The average Bonchev–Trinajstić information content (AvgIpc) is 3.59. The van der Waals surface area contributed by atoms with Gasteiger partial charge in [0.15, 0.2) is 10.3 Å². The number of alkyl halides is 3. The lowest BCUT2D eigenvalue weighted by Gasteiger charge is -2.22. The quantitative estimate of drug-likeness (QED) is 0.233. The van der Waals surface area contributed by atoms with Crippen LogP contribution in [0.15, 0.2) is 58.5 Å². The van der Waals surface area contributed by atoms with Crippen LogP contribution in [0.5, 0.6) is 11.8 Å². The van der Waals surface area contributed by atoms with Crippen molar-refractivity contribution in [3.63, 3.8) is 0 Å². The first-order valence-corrected chi connectivity index (χ1v) is 18.3. The Morgan fingerprint density at radius 3 is 1.94 bits per heavy atom. The molecule has 2 saturated heterocycles. The number of halogens is 3. The van der Waals surface area contributed by atoms with Gasteiger partial charge in [0.05, 0.1) is 37.2 Å². The van der Waals surface area contributed by atoms with Crippen LogP contribution in [-0.4, -0.2) is 52.9 Å². The van der Waals surface area contributed by atoms with Crippen LogP contribution in [0.25, 0.3) is 11.4 Å². The van der Waals surface area contributed by atoms with Gasteiger partial charge in [-0.05, 0) is 74.4 Å². The summed E-state index contributed by atoms with van der Waals surface area (Å²) in [6.45, 7) is 5.75. The standard InChI is InChI=1S/C36H39F3N6O4S2/c1-20(24-13-9-10-14-25(24)36(37,38)39)41-33-45-31(47)35(3,51-33)23-16-27(43-29(18-23)49-5)26-15-22(17-28(42-26)48-4)34(2)30(46)44-32(50-34)40-19-21-11-7-6-8-12-21/h9-10,13-18,20-21H,6-8,11-12,19H2,1-5H3,(H,40,44,46)(H,41,45,47)/t20-,34?,35?/m0/s1. The van der Waals surface area contributed by atoms with E-state index in [0.29, 0.717) is 40.1 Å². The first-order valence-electron chi connectivity index (χ1n) is 16.7. The van der Waals surface area contributed by atoms with Crippen molar-refractivity contribution in [3.8, 4) is 23.1 Å². The monoisotopic (exact) mass is 740 g/mol. The number of amidine groups is 2. The maximum atomic E-state index is 13.7. The minimum atomic E-state index is -4.55. The van der Waals surface area contributed by atoms with Crippen molar-refractivity contribution in [1.29, 1.82) is 0 Å². The predicted molar refractivity (Wildman–Crippen MR) is 193 cm³/mol. The summed E-state index contributed by atoms with van der Waals surface area (Å²) in [5.41, 5.74) is 1.09. The smallest absolute Gasteiger partial charge is 0.416 e. The van der Waals surface area contributed by atoms with E-state index in [-0.39, 0.29) is 28.4 Å². The molecule has 4 heterocycles. The molecule has 3 aliphatic rings. The van der Waals surface area contributed by atoms with Gasteiger partial charge in [0, 0.05) is 18.7 Å². The number of benzene rings is 1. The van der Waals surface area contributed by atoms with E-state index in [4.69, 9.17) is 14.5 Å². The van der Waals surface area contributed by atoms with Gasteiger partial charge in [-0.25, -0.2) is 9.97 Å². The van der Waals surface area contributed by atoms with E-state index in [1.807, 2.05) is 6.92 Å². The highest BCUT2D eigenvalue weighted by atomic mass is 32.2. The van der Waals surface area contributed by atoms with Crippen molar-refractivity contribution in [1.82, 2.24) is 20.6 Å². The van der Waals surface area contributed by atoms with Gasteiger partial charge < -0.3 is 20.1 Å². The van der Waals surface area contributed by atoms with Gasteiger partial charge in [-0.1, -0.05) is 61.0 Å². The molecule has 0 spiro atoms. The van der Waals surface area contributed by atoms with E-state index in [9.17, 15) is 22.8 Å². The molecule has 3 atom stereocenters. The van der Waals surface area contributed by atoms with Crippen LogP contribution in [0.1, 0.15) is 81.2 Å². The molecule has 1 aromatic carbocycles. The number of aliphatic imine (C=N–C) groups is 2. The predicted octanol–water partition coefficient (Wildman–Crippen LogP) is 7.39. The van der Waals surface area contributed by atoms with Crippen molar-refractivity contribution in [2.24, 2.45) is 15.9 Å². The van der Waals surface area contributed by atoms with E-state index >= 15 is 0 Å². The van der Waals surface area contributed by atoms with Crippen molar-refractivity contribution in [2.45, 2.75) is 74.6 Å². The Morgan fingerprint density at radius 2 is 1.39 bits per heavy atom. The summed E-state index contributed by atoms with van der Waals surface area (Å²) in [5.74, 6) is 0.372. The van der Waals surface area contributed by atoms with Crippen molar-refractivity contribution < 1.29 is 32.2 Å². The van der Waals surface area contributed by atoms with Gasteiger partial charge in [0.1, 0.15) is 9.49 Å². The third-order valence-corrected chi connectivity index (χ3v) is 12.0. The Bertz CT molecular complexity index is 1900. The van der Waals surface area contributed by atoms with E-state index in [0.717, 1.165) is 30.7 Å². The Hall–Kier alpha value is -4.11. The number of hydrogen-bond acceptors (Lipinski definition) is 10. The number of pyridine rings is 2. The Labute approximate surface area is 302 Å². The van der Waals surface area contributed by atoms with Gasteiger partial charge >= 0.3 is 6.18 Å². The fourth-order valence-electron chi connectivity index (χ4n) is 6.45. The number of rotatable bonds is 9. The van der Waals surface area contributed by atoms with Crippen LogP contribution in [0.4, 0.5) is 13.2 Å². The van der Waals surface area contributed by atoms with Gasteiger partial charge in [0.2, 0.25) is 23.6 Å². The molecule has 2 amide bonds. The molecule has 2 N–H and O–H groups in total. The zero-order valence-corrected chi connectivity index (χ0v) is 30.5. The third kappa shape index (κ3) is 7.59. The molecule has 6 rings (SSSR count). The number of amides is 2. The van der Waals surface area contributed by atoms with Crippen LogP contribution in [0, 0.1) is 5.92 Å². The zero-order valence-electron chi connectivity index (χ0n) is 28.9. The number of hydrogen-bond donors (Lipinski definition) is 2. The molecule has 3 aromatic rings. The topological polar surface area (TPSA) is 127 Å². The Morgan fingerprint density at radius 1 is 0.863 bits per heavy atom. The number of carbonyl (C=O) groups excluding carboxylic acids is 2. The molecule has 2 aromatic heterocycles. The second-order valence-electron chi connectivity index (χ2n) is 13.1. The van der Waals surface area contributed by atoms with Crippen LogP contribution in [-0.2, 0) is 25.3 Å². The maximum absolute atomic E-state index is 13.7. The lowest BCUT2D eigenvalue weighted by Crippen LogP contribution is -2.32. The van der Waals surface area contributed by atoms with E-state index < -0.39 is 33.2 Å². The number of ether oxygens (including phenoxy) is 2. The lowest BCUT2D eigenvalue weighted by molar-refractivity contribution is -0.138. The summed E-state index contributed by atoms with van der Waals surface area (Å²) in [6.07, 6.45) is 1.43. The highest BCUT2D eigenvalue weighted by Gasteiger charge is 2.46. The number of nitrogens with zero attached hydrogens (tertiary/aromatic N) is 4. The molecule has 51 heavy (non-hydrogen) atoms. The summed E-state index contributed by atoms with van der Waals surface area (Å²) in [4.78, 5) is 45.5. The number of methoxy groups -OCH3 is 2. The zero-order chi connectivity index (χ0) is 36.6. The van der Waals surface area contributed by atoms with E-state index in [1.54, 1.807) is 38.1 Å². The van der Waals surface area contributed by atoms with Crippen molar-refractivity contribution in [3.05, 3.63) is 70.8 Å². The molecule has 2 unspecified atom stereocenters. The molecular weight excluding hydrogens is 702 g/mol. The molecule has 270 valence electrons. The summed E-state index contributed by atoms with van der Waals surface area (Å²) in [5, 5.41) is 6.47. The minimum absolute atomic E-state index is 0.000796. The first kappa shape index (κ1) is 36.7. The molecule has 3 fully saturated rings. The number of thioether (sulfide) groups is 2. The van der Waals surface area contributed by atoms with Gasteiger partial charge in [-0.2, -0.15) is 13.2 Å². The number of nitrogens with one attached hydrogen (secondary N) is 2. The maximum Gasteiger partial charge on any atom is 0.416 e. The molecule has 1 saturated carbocycles. The van der Waals surface area contributed by atoms with Crippen LogP contribution in [0.2, 0.25) is 0 Å². The first-order chi connectivity index (χ1) is 24.2. The fraction of sp³-hybridized carbons (Fsp3) is 0.444. The Kier molecular flexibility index (Phi) is 10.4. The summed E-state index contributed by atoms with van der Waals surface area (Å²) in [7, 11) is 2.93. The highest BCUT2D eigenvalue weighted by Crippen LogP contribution is 2.46. The summed E-state index contributed by atoms with van der Waals surface area (Å²) in [6, 6.07) is 11.2. The van der Waals surface area contributed by atoms with E-state index in [1.165, 1.54) is 63.4 Å². The lowest BCUT2D eigenvalue weighted by atomic mass is 9.89. The summed E-state index contributed by atoms with van der Waals surface area (Å²) < 4.78 is 49.9. The second-order valence-corrected chi connectivity index (χ2v) is 15.9. The van der Waals surface area contributed by atoms with E-state index in [2.05, 4.69) is 25.6 Å². The Balaban J connectivity index is 1.31. The van der Waals surface area contributed by atoms with Gasteiger partial charge in [-0.15, -0.1) is 0 Å². The highest BCUT2D eigenvalue weighted by molar-refractivity contribution is 8.16. The SMILES string of the molecule is COc1cc(C2(C)SC(=NCC3CCCCC3)NC2=O)cc(-c2cc(C3(C)SC(=N[C@@H](C)c4ccccc4C(F)(F)F)NC3=O)cc(OC)n2)n1.